The normalized spacial score (nSPS) is 11.9. The van der Waals surface area contributed by atoms with Crippen LogP contribution in [0.1, 0.15) is 41.5 Å². The number of pyridine rings is 1. The molecule has 0 saturated carbocycles. The topological polar surface area (TPSA) is 138 Å². The summed E-state index contributed by atoms with van der Waals surface area (Å²) in [5.74, 6) is 0. The minimum atomic E-state index is -0.744. The van der Waals surface area contributed by atoms with Gasteiger partial charge in [0, 0.05) is 23.3 Å². The molecule has 11 nitrogen and oxygen atoms in total. The molecule has 4 rings (SSSR count). The second kappa shape index (κ2) is 9.19. The summed E-state index contributed by atoms with van der Waals surface area (Å²) in [4.78, 5) is 31.3. The highest BCUT2D eigenvalue weighted by atomic mass is 32.1. The van der Waals surface area contributed by atoms with E-state index in [0.29, 0.717) is 38.0 Å². The Morgan fingerprint density at radius 1 is 0.972 bits per heavy atom. The Balaban J connectivity index is 1.74. The number of nitrogens with zero attached hydrogens (tertiary/aromatic N) is 6. The summed E-state index contributed by atoms with van der Waals surface area (Å²) in [6.45, 7) is 10.7. The fourth-order valence-corrected chi connectivity index (χ4v) is 4.05. The van der Waals surface area contributed by atoms with E-state index in [1.807, 2.05) is 0 Å². The van der Waals surface area contributed by atoms with E-state index in [4.69, 9.17) is 15.2 Å². The molecule has 3 aromatic heterocycles. The Kier molecular flexibility index (Phi) is 6.39. The molecule has 0 unspecified atom stereocenters. The van der Waals surface area contributed by atoms with E-state index < -0.39 is 23.4 Å². The molecular weight excluding hydrogens is 482 g/mol. The predicted molar refractivity (Wildman–Crippen MR) is 137 cm³/mol. The summed E-state index contributed by atoms with van der Waals surface area (Å²) in [6, 6.07) is 6.81. The number of amides is 1. The molecule has 188 valence electrons. The van der Waals surface area contributed by atoms with Crippen LogP contribution in [0.15, 0.2) is 42.9 Å². The van der Waals surface area contributed by atoms with Crippen LogP contribution in [0.4, 0.5) is 26.1 Å². The number of anilines is 3. The maximum absolute atomic E-state index is 13.3. The highest BCUT2D eigenvalue weighted by molar-refractivity contribution is 7.18. The van der Waals surface area contributed by atoms with Gasteiger partial charge in [-0.15, -0.1) is 10.2 Å². The van der Waals surface area contributed by atoms with Crippen molar-refractivity contribution in [3.05, 3.63) is 42.9 Å². The number of nitrogen functional groups attached to an aromatic ring is 1. The molecule has 1 amide bonds. The molecule has 12 heteroatoms. The van der Waals surface area contributed by atoms with Crippen LogP contribution in [0.5, 0.6) is 0 Å². The third-order valence-corrected chi connectivity index (χ3v) is 5.52. The van der Waals surface area contributed by atoms with Gasteiger partial charge in [-0.05, 0) is 65.8 Å². The van der Waals surface area contributed by atoms with Gasteiger partial charge in [0.1, 0.15) is 11.2 Å². The van der Waals surface area contributed by atoms with Crippen molar-refractivity contribution in [2.24, 2.45) is 0 Å². The quantitative estimate of drug-likeness (QED) is 0.385. The van der Waals surface area contributed by atoms with Gasteiger partial charge in [0.2, 0.25) is 5.13 Å². The van der Waals surface area contributed by atoms with Crippen LogP contribution in [-0.4, -0.2) is 48.4 Å². The third kappa shape index (κ3) is 5.60. The van der Waals surface area contributed by atoms with Crippen molar-refractivity contribution in [1.82, 2.24) is 25.0 Å². The van der Waals surface area contributed by atoms with Crippen molar-refractivity contribution < 1.29 is 19.1 Å². The van der Waals surface area contributed by atoms with Crippen LogP contribution < -0.4 is 10.6 Å². The molecule has 0 aliphatic carbocycles. The number of ether oxygens (including phenoxy) is 2. The van der Waals surface area contributed by atoms with Gasteiger partial charge < -0.3 is 15.2 Å². The minimum absolute atomic E-state index is 0.292. The molecule has 0 atom stereocenters. The smallest absolute Gasteiger partial charge is 0.435 e. The van der Waals surface area contributed by atoms with Gasteiger partial charge in [-0.3, -0.25) is 4.98 Å². The summed E-state index contributed by atoms with van der Waals surface area (Å²) < 4.78 is 12.3. The van der Waals surface area contributed by atoms with E-state index in [1.165, 1.54) is 33.3 Å². The van der Waals surface area contributed by atoms with Crippen molar-refractivity contribution in [3.63, 3.8) is 0 Å². The molecule has 2 N–H and O–H groups in total. The lowest BCUT2D eigenvalue weighted by atomic mass is 10.2. The molecule has 0 saturated heterocycles. The summed E-state index contributed by atoms with van der Waals surface area (Å²) in [7, 11) is 0. The molecule has 0 fully saturated rings. The second-order valence-electron chi connectivity index (χ2n) is 9.99. The molecular formula is C24H27N7O4S. The molecule has 0 radical (unpaired) electrons. The first kappa shape index (κ1) is 25.0. The molecule has 4 aromatic rings. The third-order valence-electron chi connectivity index (χ3n) is 4.56. The van der Waals surface area contributed by atoms with Gasteiger partial charge in [0.15, 0.2) is 5.01 Å². The summed E-state index contributed by atoms with van der Waals surface area (Å²) in [5.41, 5.74) is 6.60. The lowest BCUT2D eigenvalue weighted by Gasteiger charge is -2.25. The number of carbonyl (C=O) groups excluding carboxylic acids is 2. The molecule has 0 spiro atoms. The fraction of sp³-hybridized carbons (Fsp3) is 0.333. The van der Waals surface area contributed by atoms with E-state index >= 15 is 0 Å². The van der Waals surface area contributed by atoms with E-state index in [0.717, 1.165) is 0 Å². The SMILES string of the molecule is CC(C)(C)OC(=O)N(c1ccc2c(cnn2C(=O)OC(C)(C)C)c1)c1nnc(-c2cncc(N)c2)s1. The Bertz CT molecular complexity index is 1430. The number of carbonyl (C=O) groups is 2. The van der Waals surface area contributed by atoms with Gasteiger partial charge in [-0.2, -0.15) is 9.78 Å². The van der Waals surface area contributed by atoms with Gasteiger partial charge in [-0.25, -0.2) is 14.5 Å². The van der Waals surface area contributed by atoms with Gasteiger partial charge in [-0.1, -0.05) is 11.3 Å². The Hall–Kier alpha value is -4.06. The predicted octanol–water partition coefficient (Wildman–Crippen LogP) is 5.39. The molecule has 0 bridgehead atoms. The van der Waals surface area contributed by atoms with E-state index in [9.17, 15) is 9.59 Å². The summed E-state index contributed by atoms with van der Waals surface area (Å²) >= 11 is 1.19. The number of fused-ring (bicyclic) bond motifs is 1. The summed E-state index contributed by atoms with van der Waals surface area (Å²) in [5, 5.41) is 14.1. The molecule has 36 heavy (non-hydrogen) atoms. The van der Waals surface area contributed by atoms with Gasteiger partial charge in [0.25, 0.3) is 0 Å². The number of rotatable bonds is 3. The number of aromatic nitrogens is 5. The van der Waals surface area contributed by atoms with Crippen molar-refractivity contribution in [2.75, 3.05) is 10.6 Å². The van der Waals surface area contributed by atoms with Gasteiger partial charge in [0.05, 0.1) is 23.1 Å². The molecule has 0 aliphatic heterocycles. The van der Waals surface area contributed by atoms with Crippen LogP contribution in [0.25, 0.3) is 21.5 Å². The average Bonchev–Trinajstić information content (AvgIpc) is 3.38. The van der Waals surface area contributed by atoms with Crippen LogP contribution in [0.2, 0.25) is 0 Å². The molecule has 1 aromatic carbocycles. The maximum atomic E-state index is 13.3. The standard InChI is InChI=1S/C24H27N7O4S/c1-23(2,3)34-21(32)30(20-29-28-19(36-20)15-9-16(25)13-26-11-15)17-7-8-18-14(10-17)12-27-31(18)22(33)35-24(4,5)6/h7-13H,25H2,1-6H3. The fourth-order valence-electron chi connectivity index (χ4n) is 3.21. The average molecular weight is 510 g/mol. The zero-order chi connectivity index (χ0) is 26.3. The first-order valence-corrected chi connectivity index (χ1v) is 11.9. The molecule has 0 aliphatic rings. The van der Waals surface area contributed by atoms with Crippen LogP contribution in [0, 0.1) is 0 Å². The number of benzene rings is 1. The van der Waals surface area contributed by atoms with Gasteiger partial charge >= 0.3 is 12.2 Å². The largest absolute Gasteiger partial charge is 0.443 e. The Morgan fingerprint density at radius 2 is 1.69 bits per heavy atom. The number of nitrogens with two attached hydrogens (primary N) is 1. The highest BCUT2D eigenvalue weighted by Crippen LogP contribution is 2.35. The van der Waals surface area contributed by atoms with Crippen LogP contribution in [-0.2, 0) is 9.47 Å². The number of hydrogen-bond donors (Lipinski definition) is 1. The van der Waals surface area contributed by atoms with E-state index in [2.05, 4.69) is 20.3 Å². The lowest BCUT2D eigenvalue weighted by Crippen LogP contribution is -2.33. The minimum Gasteiger partial charge on any atom is -0.443 e. The zero-order valence-electron chi connectivity index (χ0n) is 20.8. The zero-order valence-corrected chi connectivity index (χ0v) is 21.7. The van der Waals surface area contributed by atoms with E-state index in [1.54, 1.807) is 72.0 Å². The Morgan fingerprint density at radius 3 is 2.36 bits per heavy atom. The van der Waals surface area contributed by atoms with Crippen molar-refractivity contribution >= 4 is 50.9 Å². The van der Waals surface area contributed by atoms with Crippen molar-refractivity contribution in [1.29, 1.82) is 0 Å². The highest BCUT2D eigenvalue weighted by Gasteiger charge is 2.29. The first-order valence-electron chi connectivity index (χ1n) is 11.1. The Labute approximate surface area is 211 Å². The molecule has 3 heterocycles. The lowest BCUT2D eigenvalue weighted by molar-refractivity contribution is 0.0521. The van der Waals surface area contributed by atoms with Crippen LogP contribution >= 0.6 is 11.3 Å². The van der Waals surface area contributed by atoms with Crippen molar-refractivity contribution in [2.45, 2.75) is 52.7 Å². The summed E-state index contributed by atoms with van der Waals surface area (Å²) in [6.07, 6.45) is 3.45. The first-order chi connectivity index (χ1) is 16.8. The van der Waals surface area contributed by atoms with Crippen molar-refractivity contribution in [3.8, 4) is 10.6 Å². The number of hydrogen-bond acceptors (Lipinski definition) is 10. The second-order valence-corrected chi connectivity index (χ2v) is 10.9. The monoisotopic (exact) mass is 509 g/mol. The van der Waals surface area contributed by atoms with E-state index in [-0.39, 0.29) is 0 Å². The van der Waals surface area contributed by atoms with Crippen LogP contribution in [0.3, 0.4) is 0 Å². The maximum Gasteiger partial charge on any atom is 0.435 e.